The normalized spacial score (nSPS) is 13.2. The van der Waals surface area contributed by atoms with Gasteiger partial charge in [-0.2, -0.15) is 0 Å². The lowest BCUT2D eigenvalue weighted by atomic mass is 9.77. The van der Waals surface area contributed by atoms with Crippen molar-refractivity contribution in [3.63, 3.8) is 0 Å². The van der Waals surface area contributed by atoms with Crippen molar-refractivity contribution in [3.8, 4) is 44.5 Å². The number of rotatable bonds is 3. The van der Waals surface area contributed by atoms with E-state index >= 15 is 0 Å². The summed E-state index contributed by atoms with van der Waals surface area (Å²) in [6.45, 7) is 4.82. The molecule has 0 fully saturated rings. The first-order chi connectivity index (χ1) is 28.0. The van der Waals surface area contributed by atoms with Gasteiger partial charge in [0.15, 0.2) is 0 Å². The zero-order valence-corrected chi connectivity index (χ0v) is 32.0. The van der Waals surface area contributed by atoms with E-state index in [9.17, 15) is 0 Å². The van der Waals surface area contributed by atoms with E-state index in [0.717, 1.165) is 0 Å². The number of fused-ring (bicyclic) bond motifs is 11. The quantitative estimate of drug-likeness (QED) is 0.126. The molecule has 1 aliphatic rings. The molecule has 0 atom stereocenters. The summed E-state index contributed by atoms with van der Waals surface area (Å²) in [4.78, 5) is 0. The van der Waals surface area contributed by atoms with Gasteiger partial charge in [0.1, 0.15) is 0 Å². The molecule has 0 aliphatic heterocycles. The van der Waals surface area contributed by atoms with Crippen LogP contribution in [0.2, 0.25) is 0 Å². The molecule has 0 bridgehead atoms. The maximum Gasteiger partial charge on any atom is 0.0171 e. The minimum absolute atomic E-state index is 0.157. The summed E-state index contributed by atoms with van der Waals surface area (Å²) in [5, 5.41) is 15.4. The van der Waals surface area contributed by atoms with Crippen molar-refractivity contribution >= 4 is 64.6 Å². The standard InChI is InChI=1S/C57H38/c1-57(2)55-41-19-6-5-14-35(41)28-31-51(55)50-27-12-24-42(56(50)57)38-17-11-18-40(33-38)53-46-20-7-9-22-48(46)54(49-23-10-8-21-47(49)53)45-26-13-25-43-44(45)30-29-39-32-36-15-3-4-16-37(36)34-52(39)43/h3-34H,1-2H3. The first-order valence-electron chi connectivity index (χ1n) is 20.1. The third-order valence-electron chi connectivity index (χ3n) is 12.9. The first-order valence-corrected chi connectivity index (χ1v) is 20.1. The van der Waals surface area contributed by atoms with Crippen LogP contribution in [-0.2, 0) is 5.41 Å². The second-order valence-corrected chi connectivity index (χ2v) is 16.4. The molecule has 12 rings (SSSR count). The van der Waals surface area contributed by atoms with Crippen LogP contribution in [0.4, 0.5) is 0 Å². The van der Waals surface area contributed by atoms with Gasteiger partial charge in [0, 0.05) is 5.41 Å². The molecule has 0 radical (unpaired) electrons. The molecule has 0 N–H and O–H groups in total. The average Bonchev–Trinajstić information content (AvgIpc) is 3.51. The van der Waals surface area contributed by atoms with E-state index in [1.165, 1.54) is 120 Å². The van der Waals surface area contributed by atoms with E-state index in [1.54, 1.807) is 0 Å². The van der Waals surface area contributed by atoms with Crippen molar-refractivity contribution in [1.29, 1.82) is 0 Å². The Kier molecular flexibility index (Phi) is 6.78. The fraction of sp³-hybridized carbons (Fsp3) is 0.0526. The third-order valence-corrected chi connectivity index (χ3v) is 12.9. The second-order valence-electron chi connectivity index (χ2n) is 16.4. The minimum Gasteiger partial charge on any atom is -0.0616 e. The van der Waals surface area contributed by atoms with Crippen LogP contribution >= 0.6 is 0 Å². The Labute approximate surface area is 332 Å². The Morgan fingerprint density at radius 1 is 0.263 bits per heavy atom. The fourth-order valence-corrected chi connectivity index (χ4v) is 10.6. The number of hydrogen-bond acceptors (Lipinski definition) is 0. The summed E-state index contributed by atoms with van der Waals surface area (Å²) in [7, 11) is 0. The molecule has 11 aromatic rings. The molecule has 0 nitrogen and oxygen atoms in total. The van der Waals surface area contributed by atoms with Crippen LogP contribution in [0, 0.1) is 0 Å². The van der Waals surface area contributed by atoms with E-state index < -0.39 is 0 Å². The van der Waals surface area contributed by atoms with Crippen LogP contribution in [0.25, 0.3) is 109 Å². The summed E-state index contributed by atoms with van der Waals surface area (Å²) in [6, 6.07) is 72.7. The highest BCUT2D eigenvalue weighted by molar-refractivity contribution is 6.25. The maximum absolute atomic E-state index is 2.44. The Balaban J connectivity index is 1.08. The molecule has 0 unspecified atom stereocenters. The number of hydrogen-bond donors (Lipinski definition) is 0. The molecule has 0 heterocycles. The van der Waals surface area contributed by atoms with E-state index in [-0.39, 0.29) is 5.41 Å². The Morgan fingerprint density at radius 2 is 0.789 bits per heavy atom. The van der Waals surface area contributed by atoms with Crippen molar-refractivity contribution in [2.24, 2.45) is 0 Å². The average molecular weight is 723 g/mol. The molecule has 11 aromatic carbocycles. The molecular formula is C57H38. The monoisotopic (exact) mass is 722 g/mol. The van der Waals surface area contributed by atoms with Gasteiger partial charge in [0.2, 0.25) is 0 Å². The highest BCUT2D eigenvalue weighted by Crippen LogP contribution is 2.55. The highest BCUT2D eigenvalue weighted by Gasteiger charge is 2.38. The van der Waals surface area contributed by atoms with Crippen LogP contribution in [0.5, 0.6) is 0 Å². The summed E-state index contributed by atoms with van der Waals surface area (Å²) in [5.41, 5.74) is 13.0. The van der Waals surface area contributed by atoms with Crippen molar-refractivity contribution in [1.82, 2.24) is 0 Å². The molecule has 0 amide bonds. The minimum atomic E-state index is -0.157. The van der Waals surface area contributed by atoms with Gasteiger partial charge in [-0.3, -0.25) is 0 Å². The molecule has 0 aromatic heterocycles. The Morgan fingerprint density at radius 3 is 1.54 bits per heavy atom. The van der Waals surface area contributed by atoms with Gasteiger partial charge in [0.05, 0.1) is 0 Å². The lowest BCUT2D eigenvalue weighted by molar-refractivity contribution is 0.668. The largest absolute Gasteiger partial charge is 0.0616 e. The van der Waals surface area contributed by atoms with Crippen molar-refractivity contribution < 1.29 is 0 Å². The Bertz CT molecular complexity index is 3430. The van der Waals surface area contributed by atoms with Crippen molar-refractivity contribution in [3.05, 3.63) is 205 Å². The summed E-state index contributed by atoms with van der Waals surface area (Å²) in [6.07, 6.45) is 0. The van der Waals surface area contributed by atoms with E-state index in [4.69, 9.17) is 0 Å². The van der Waals surface area contributed by atoms with Gasteiger partial charge in [-0.15, -0.1) is 0 Å². The van der Waals surface area contributed by atoms with E-state index in [2.05, 4.69) is 208 Å². The smallest absolute Gasteiger partial charge is 0.0171 e. The SMILES string of the molecule is CC1(C)c2c(-c3cccc(-c4c5ccccc5c(-c5cccc6c5ccc5cc7ccccc7cc56)c5ccccc45)c3)cccc2-c2ccc3ccccc3c21. The molecule has 0 heteroatoms. The molecule has 0 saturated carbocycles. The molecule has 0 spiro atoms. The predicted octanol–water partition coefficient (Wildman–Crippen LogP) is 15.9. The fourth-order valence-electron chi connectivity index (χ4n) is 10.6. The van der Waals surface area contributed by atoms with Crippen LogP contribution < -0.4 is 0 Å². The third kappa shape index (κ3) is 4.62. The van der Waals surface area contributed by atoms with Gasteiger partial charge in [-0.05, 0) is 138 Å². The topological polar surface area (TPSA) is 0 Å². The van der Waals surface area contributed by atoms with Gasteiger partial charge in [0.25, 0.3) is 0 Å². The number of benzene rings is 11. The van der Waals surface area contributed by atoms with Crippen LogP contribution in [0.1, 0.15) is 25.0 Å². The first kappa shape index (κ1) is 32.2. The predicted molar refractivity (Wildman–Crippen MR) is 245 cm³/mol. The van der Waals surface area contributed by atoms with E-state index in [1.807, 2.05) is 0 Å². The van der Waals surface area contributed by atoms with Gasteiger partial charge in [-0.1, -0.05) is 190 Å². The summed E-state index contributed by atoms with van der Waals surface area (Å²) in [5.74, 6) is 0. The lowest BCUT2D eigenvalue weighted by Gasteiger charge is -2.26. The molecule has 0 saturated heterocycles. The molecular weight excluding hydrogens is 685 g/mol. The van der Waals surface area contributed by atoms with Crippen LogP contribution in [0.15, 0.2) is 194 Å². The van der Waals surface area contributed by atoms with Crippen LogP contribution in [-0.4, -0.2) is 0 Å². The summed E-state index contributed by atoms with van der Waals surface area (Å²) >= 11 is 0. The lowest BCUT2D eigenvalue weighted by Crippen LogP contribution is -2.16. The molecule has 266 valence electrons. The van der Waals surface area contributed by atoms with Gasteiger partial charge in [-0.25, -0.2) is 0 Å². The second kappa shape index (κ2) is 12.0. The Hall–Kier alpha value is -7.02. The van der Waals surface area contributed by atoms with Gasteiger partial charge >= 0.3 is 0 Å². The zero-order valence-electron chi connectivity index (χ0n) is 32.0. The van der Waals surface area contributed by atoms with Crippen molar-refractivity contribution in [2.75, 3.05) is 0 Å². The zero-order chi connectivity index (χ0) is 37.8. The molecule has 57 heavy (non-hydrogen) atoms. The van der Waals surface area contributed by atoms with E-state index in [0.29, 0.717) is 0 Å². The van der Waals surface area contributed by atoms with Gasteiger partial charge < -0.3 is 0 Å². The molecule has 1 aliphatic carbocycles. The van der Waals surface area contributed by atoms with Crippen molar-refractivity contribution in [2.45, 2.75) is 19.3 Å². The summed E-state index contributed by atoms with van der Waals surface area (Å²) < 4.78 is 0. The maximum atomic E-state index is 2.44. The highest BCUT2D eigenvalue weighted by atomic mass is 14.4. The van der Waals surface area contributed by atoms with Crippen LogP contribution in [0.3, 0.4) is 0 Å².